The maximum absolute atomic E-state index is 11.2. The van der Waals surface area contributed by atoms with Gasteiger partial charge in [-0.25, -0.2) is 20.4 Å². The Morgan fingerprint density at radius 3 is 2.87 bits per heavy atom. The molecule has 2 aromatic heterocycles. The van der Waals surface area contributed by atoms with Gasteiger partial charge in [-0.3, -0.25) is 10.0 Å². The van der Waals surface area contributed by atoms with E-state index in [1.165, 1.54) is 18.1 Å². The number of nitrogen functional groups attached to an aromatic ring is 1. The molecule has 12 heteroatoms. The van der Waals surface area contributed by atoms with Crippen molar-refractivity contribution in [2.24, 2.45) is 0 Å². The third-order valence-electron chi connectivity index (χ3n) is 4.81. The third-order valence-corrected chi connectivity index (χ3v) is 5.96. The first-order valence-electron chi connectivity index (χ1n) is 9.54. The van der Waals surface area contributed by atoms with Crippen molar-refractivity contribution in [3.05, 3.63) is 18.5 Å². The van der Waals surface area contributed by atoms with Crippen LogP contribution < -0.4 is 26.2 Å². The van der Waals surface area contributed by atoms with Gasteiger partial charge in [0, 0.05) is 17.9 Å². The number of unbranched alkanes of at least 4 members (excludes halogenated alkanes) is 2. The first-order valence-corrected chi connectivity index (χ1v) is 10.4. The number of amides is 1. The van der Waals surface area contributed by atoms with Gasteiger partial charge in [0.15, 0.2) is 33.6 Å². The van der Waals surface area contributed by atoms with E-state index in [4.69, 9.17) is 20.4 Å². The highest BCUT2D eigenvalue weighted by molar-refractivity contribution is 7.99. The molecule has 4 N–H and O–H groups in total. The topological polar surface area (TPSA) is 137 Å². The summed E-state index contributed by atoms with van der Waals surface area (Å²) in [6.45, 7) is 0.890. The Morgan fingerprint density at radius 2 is 2.07 bits per heavy atom. The van der Waals surface area contributed by atoms with Crippen molar-refractivity contribution < 1.29 is 19.5 Å². The highest BCUT2D eigenvalue weighted by atomic mass is 32.2. The molecule has 0 radical (unpaired) electrons. The number of nitrogens with two attached hydrogens (primary N) is 1. The summed E-state index contributed by atoms with van der Waals surface area (Å²) in [6, 6.07) is 3.91. The van der Waals surface area contributed by atoms with Crippen LogP contribution in [0.3, 0.4) is 0 Å². The summed E-state index contributed by atoms with van der Waals surface area (Å²) in [5.74, 6) is 1.42. The number of nitrogens with zero attached hydrogens (tertiary/aromatic N) is 4. The van der Waals surface area contributed by atoms with Crippen molar-refractivity contribution in [3.63, 3.8) is 0 Å². The van der Waals surface area contributed by atoms with Crippen LogP contribution in [0.1, 0.15) is 25.7 Å². The number of hydroxylamine groups is 1. The van der Waals surface area contributed by atoms with Crippen LogP contribution in [-0.4, -0.2) is 45.3 Å². The summed E-state index contributed by atoms with van der Waals surface area (Å²) >= 11 is 1.51. The van der Waals surface area contributed by atoms with E-state index in [0.29, 0.717) is 35.7 Å². The molecule has 0 aliphatic carbocycles. The summed E-state index contributed by atoms with van der Waals surface area (Å²) in [6.07, 6.45) is 4.04. The van der Waals surface area contributed by atoms with Crippen LogP contribution in [-0.2, 0) is 11.3 Å². The summed E-state index contributed by atoms with van der Waals surface area (Å²) in [7, 11) is 2.01. The zero-order valence-electron chi connectivity index (χ0n) is 16.4. The van der Waals surface area contributed by atoms with E-state index in [2.05, 4.69) is 15.0 Å². The Labute approximate surface area is 177 Å². The largest absolute Gasteiger partial charge is 0.454 e. The Balaban J connectivity index is 1.57. The molecule has 1 amide bonds. The number of carbonyl (C=O) groups excluding carboxylic acids is 1. The number of hydrogen-bond donors (Lipinski definition) is 3. The van der Waals surface area contributed by atoms with E-state index >= 15 is 0 Å². The highest BCUT2D eigenvalue weighted by Crippen LogP contribution is 2.37. The molecule has 1 aliphatic rings. The number of aryl methyl sites for hydroxylation is 1. The fourth-order valence-corrected chi connectivity index (χ4v) is 4.24. The standard InChI is InChI=1S/C18H21BN6O4S/c19-10-6-11-12(29-9-28-11)7-13(10)30-18-23-15-16(20)21-8-22-17(15)25(18)5-3-1-2-4-14(26)24-27/h6-8,27H,1-5,9,19H2,(H,24,26)(H2,20,21,22). The molecule has 0 saturated heterocycles. The van der Waals surface area contributed by atoms with Crippen LogP contribution in [0.15, 0.2) is 28.5 Å². The van der Waals surface area contributed by atoms with Gasteiger partial charge in [0.1, 0.15) is 14.2 Å². The lowest BCUT2D eigenvalue weighted by Gasteiger charge is -2.10. The first kappa shape index (κ1) is 20.3. The maximum atomic E-state index is 11.2. The molecule has 4 rings (SSSR count). The molecular formula is C18H21BN6O4S. The van der Waals surface area contributed by atoms with E-state index in [1.807, 2.05) is 24.5 Å². The van der Waals surface area contributed by atoms with Crippen LogP contribution in [0.25, 0.3) is 11.2 Å². The Kier molecular flexibility index (Phi) is 5.95. The average molecular weight is 428 g/mol. The van der Waals surface area contributed by atoms with E-state index in [0.717, 1.165) is 34.1 Å². The number of anilines is 1. The zero-order chi connectivity index (χ0) is 21.1. The van der Waals surface area contributed by atoms with Gasteiger partial charge in [0.25, 0.3) is 0 Å². The Morgan fingerprint density at radius 1 is 1.27 bits per heavy atom. The normalized spacial score (nSPS) is 12.4. The summed E-state index contributed by atoms with van der Waals surface area (Å²) in [5.41, 5.74) is 9.97. The number of aromatic nitrogens is 4. The molecule has 0 atom stereocenters. The van der Waals surface area contributed by atoms with Gasteiger partial charge in [0.2, 0.25) is 12.7 Å². The fraction of sp³-hybridized carbons (Fsp3) is 0.333. The monoisotopic (exact) mass is 428 g/mol. The molecule has 0 unspecified atom stereocenters. The molecule has 1 aliphatic heterocycles. The molecule has 30 heavy (non-hydrogen) atoms. The van der Waals surface area contributed by atoms with Gasteiger partial charge in [-0.15, -0.1) is 0 Å². The number of imidazole rings is 1. The number of benzene rings is 1. The summed E-state index contributed by atoms with van der Waals surface area (Å²) in [4.78, 5) is 25.3. The molecule has 1 aromatic carbocycles. The minimum atomic E-state index is -0.377. The lowest BCUT2D eigenvalue weighted by molar-refractivity contribution is -0.129. The predicted octanol–water partition coefficient (Wildman–Crippen LogP) is 0.613. The van der Waals surface area contributed by atoms with E-state index in [1.54, 1.807) is 5.48 Å². The van der Waals surface area contributed by atoms with Gasteiger partial charge in [-0.1, -0.05) is 23.6 Å². The van der Waals surface area contributed by atoms with Crippen molar-refractivity contribution >= 4 is 48.0 Å². The SMILES string of the molecule is Bc1cc2c(cc1Sc1nc3c(N)ncnc3n1CCCCCC(=O)NO)OCO2. The minimum absolute atomic E-state index is 0.224. The van der Waals surface area contributed by atoms with Crippen molar-refractivity contribution in [2.75, 3.05) is 12.5 Å². The van der Waals surface area contributed by atoms with Crippen molar-refractivity contribution in [3.8, 4) is 11.5 Å². The van der Waals surface area contributed by atoms with E-state index < -0.39 is 0 Å². The second-order valence-electron chi connectivity index (χ2n) is 6.90. The second-order valence-corrected chi connectivity index (χ2v) is 7.90. The molecule has 0 fully saturated rings. The van der Waals surface area contributed by atoms with Gasteiger partial charge in [-0.2, -0.15) is 0 Å². The lowest BCUT2D eigenvalue weighted by Crippen LogP contribution is -2.17. The number of nitrogens with one attached hydrogen (secondary N) is 1. The van der Waals surface area contributed by atoms with Crippen LogP contribution >= 0.6 is 11.8 Å². The smallest absolute Gasteiger partial charge is 0.243 e. The van der Waals surface area contributed by atoms with Crippen LogP contribution in [0.2, 0.25) is 0 Å². The van der Waals surface area contributed by atoms with Gasteiger partial charge in [0.05, 0.1) is 0 Å². The molecule has 10 nitrogen and oxygen atoms in total. The maximum Gasteiger partial charge on any atom is 0.243 e. The van der Waals surface area contributed by atoms with Crippen LogP contribution in [0.5, 0.6) is 11.5 Å². The number of carbonyl (C=O) groups is 1. The Hall–Kier alpha value is -2.99. The number of fused-ring (bicyclic) bond motifs is 2. The van der Waals surface area contributed by atoms with E-state index in [9.17, 15) is 4.79 Å². The number of ether oxygens (including phenoxy) is 2. The zero-order valence-corrected chi connectivity index (χ0v) is 17.2. The molecule has 156 valence electrons. The van der Waals surface area contributed by atoms with Gasteiger partial charge < -0.3 is 19.8 Å². The van der Waals surface area contributed by atoms with Crippen molar-refractivity contribution in [1.29, 1.82) is 0 Å². The minimum Gasteiger partial charge on any atom is -0.454 e. The molecule has 0 bridgehead atoms. The van der Waals surface area contributed by atoms with Gasteiger partial charge in [-0.05, 0) is 25.0 Å². The van der Waals surface area contributed by atoms with Gasteiger partial charge >= 0.3 is 0 Å². The Bertz CT molecular complexity index is 1090. The number of rotatable bonds is 8. The predicted molar refractivity (Wildman–Crippen MR) is 113 cm³/mol. The highest BCUT2D eigenvalue weighted by Gasteiger charge is 2.20. The van der Waals surface area contributed by atoms with Crippen molar-refractivity contribution in [2.45, 2.75) is 42.3 Å². The lowest BCUT2D eigenvalue weighted by atomic mass is 9.96. The summed E-state index contributed by atoms with van der Waals surface area (Å²) < 4.78 is 13.0. The molecular weight excluding hydrogens is 407 g/mol. The molecule has 3 aromatic rings. The van der Waals surface area contributed by atoms with Crippen LogP contribution in [0, 0.1) is 0 Å². The van der Waals surface area contributed by atoms with E-state index in [-0.39, 0.29) is 19.1 Å². The molecule has 0 saturated carbocycles. The fourth-order valence-electron chi connectivity index (χ4n) is 3.23. The number of hydrogen-bond acceptors (Lipinski definition) is 9. The third kappa shape index (κ3) is 4.14. The average Bonchev–Trinajstić information content (AvgIpc) is 3.33. The quantitative estimate of drug-likeness (QED) is 0.204. The van der Waals surface area contributed by atoms with Crippen LogP contribution in [0.4, 0.5) is 5.82 Å². The van der Waals surface area contributed by atoms with Crippen molar-refractivity contribution in [1.82, 2.24) is 25.0 Å². The second kappa shape index (κ2) is 8.80. The molecule has 3 heterocycles. The summed E-state index contributed by atoms with van der Waals surface area (Å²) in [5, 5.41) is 9.34. The first-order chi connectivity index (χ1) is 14.6. The molecule has 0 spiro atoms.